The standard InChI is InChI=1S/C32H40O9S2/c1-4-5-21-29(37-22-26-15-9-6-10-16-26)32(41-43(3,35)36)31(39-24-28-19-13-8-14-20-28)30(25-40-42(2,33)34)38-23-27-17-11-7-12-18-27/h4,6-20,29-32H,1,5,21-25H2,2-3H3/t29-,30-,31+,32+/m0/s1. The summed E-state index contributed by atoms with van der Waals surface area (Å²) in [5.41, 5.74) is 2.50. The van der Waals surface area contributed by atoms with Gasteiger partial charge in [-0.2, -0.15) is 16.8 Å². The molecule has 0 fully saturated rings. The molecule has 0 bridgehead atoms. The van der Waals surface area contributed by atoms with Crippen LogP contribution >= 0.6 is 0 Å². The molecule has 0 spiro atoms. The van der Waals surface area contributed by atoms with Crippen LogP contribution in [0.2, 0.25) is 0 Å². The Kier molecular flexibility index (Phi) is 14.0. The molecule has 0 aliphatic heterocycles. The highest BCUT2D eigenvalue weighted by atomic mass is 32.2. The van der Waals surface area contributed by atoms with Crippen LogP contribution in [0, 0.1) is 0 Å². The summed E-state index contributed by atoms with van der Waals surface area (Å²) in [6, 6.07) is 28.0. The Morgan fingerprint density at radius 1 is 0.628 bits per heavy atom. The predicted octanol–water partition coefficient (Wildman–Crippen LogP) is 5.03. The molecule has 3 aromatic carbocycles. The van der Waals surface area contributed by atoms with Crippen molar-refractivity contribution in [3.63, 3.8) is 0 Å². The monoisotopic (exact) mass is 632 g/mol. The number of ether oxygens (including phenoxy) is 3. The van der Waals surface area contributed by atoms with Gasteiger partial charge in [0.15, 0.2) is 0 Å². The van der Waals surface area contributed by atoms with Crippen LogP contribution in [0.3, 0.4) is 0 Å². The van der Waals surface area contributed by atoms with Gasteiger partial charge in [-0.3, -0.25) is 8.37 Å². The smallest absolute Gasteiger partial charge is 0.264 e. The third-order valence-electron chi connectivity index (χ3n) is 6.34. The van der Waals surface area contributed by atoms with Gasteiger partial charge in [0, 0.05) is 0 Å². The van der Waals surface area contributed by atoms with Crippen LogP contribution in [-0.4, -0.2) is 60.4 Å². The highest BCUT2D eigenvalue weighted by Crippen LogP contribution is 2.26. The summed E-state index contributed by atoms with van der Waals surface area (Å²) in [6.07, 6.45) is 0.171. The predicted molar refractivity (Wildman–Crippen MR) is 165 cm³/mol. The van der Waals surface area contributed by atoms with Crippen molar-refractivity contribution < 1.29 is 39.4 Å². The fourth-order valence-corrected chi connectivity index (χ4v) is 5.34. The fourth-order valence-electron chi connectivity index (χ4n) is 4.32. The summed E-state index contributed by atoms with van der Waals surface area (Å²) in [6.45, 7) is 3.68. The summed E-state index contributed by atoms with van der Waals surface area (Å²) < 4.78 is 79.3. The van der Waals surface area contributed by atoms with E-state index in [-0.39, 0.29) is 19.8 Å². The van der Waals surface area contributed by atoms with Crippen LogP contribution in [0.25, 0.3) is 0 Å². The van der Waals surface area contributed by atoms with Crippen molar-refractivity contribution in [2.45, 2.75) is 57.1 Å². The molecule has 0 aromatic heterocycles. The second-order valence-electron chi connectivity index (χ2n) is 10.1. The van der Waals surface area contributed by atoms with Gasteiger partial charge >= 0.3 is 0 Å². The average molecular weight is 633 g/mol. The van der Waals surface area contributed by atoms with Crippen molar-refractivity contribution in [1.82, 2.24) is 0 Å². The zero-order valence-electron chi connectivity index (χ0n) is 24.5. The normalized spacial score (nSPS) is 14.9. The van der Waals surface area contributed by atoms with E-state index in [0.717, 1.165) is 29.2 Å². The van der Waals surface area contributed by atoms with E-state index in [9.17, 15) is 16.8 Å². The van der Waals surface area contributed by atoms with Gasteiger partial charge in [0.2, 0.25) is 0 Å². The van der Waals surface area contributed by atoms with Crippen LogP contribution < -0.4 is 0 Å². The molecule has 0 saturated carbocycles. The number of hydrogen-bond acceptors (Lipinski definition) is 9. The summed E-state index contributed by atoms with van der Waals surface area (Å²) >= 11 is 0. The molecule has 0 amide bonds. The van der Waals surface area contributed by atoms with Crippen molar-refractivity contribution in [3.8, 4) is 0 Å². The highest BCUT2D eigenvalue weighted by molar-refractivity contribution is 7.86. The van der Waals surface area contributed by atoms with Crippen LogP contribution in [0.4, 0.5) is 0 Å². The lowest BCUT2D eigenvalue weighted by atomic mass is 9.98. The van der Waals surface area contributed by atoms with Crippen molar-refractivity contribution in [1.29, 1.82) is 0 Å². The molecular formula is C32H40O9S2. The minimum atomic E-state index is -4.05. The Morgan fingerprint density at radius 3 is 1.49 bits per heavy atom. The van der Waals surface area contributed by atoms with Crippen LogP contribution in [0.1, 0.15) is 29.5 Å². The minimum Gasteiger partial charge on any atom is -0.371 e. The Morgan fingerprint density at radius 2 is 1.07 bits per heavy atom. The molecule has 11 heteroatoms. The molecule has 0 saturated heterocycles. The summed E-state index contributed by atoms with van der Waals surface area (Å²) in [7, 11) is -7.93. The van der Waals surface area contributed by atoms with E-state index in [4.69, 9.17) is 22.6 Å². The maximum atomic E-state index is 12.7. The first-order chi connectivity index (χ1) is 20.5. The van der Waals surface area contributed by atoms with E-state index in [1.165, 1.54) is 0 Å². The maximum Gasteiger partial charge on any atom is 0.264 e. The van der Waals surface area contributed by atoms with Gasteiger partial charge < -0.3 is 14.2 Å². The maximum absolute atomic E-state index is 12.7. The van der Waals surface area contributed by atoms with Gasteiger partial charge in [0.25, 0.3) is 20.2 Å². The Labute approximate surface area is 255 Å². The third-order valence-corrected chi connectivity index (χ3v) is 7.48. The molecule has 43 heavy (non-hydrogen) atoms. The van der Waals surface area contributed by atoms with Crippen molar-refractivity contribution in [2.75, 3.05) is 19.1 Å². The topological polar surface area (TPSA) is 114 Å². The Hall–Kier alpha value is -2.90. The summed E-state index contributed by atoms with van der Waals surface area (Å²) in [5.74, 6) is 0. The molecule has 3 aromatic rings. The number of benzene rings is 3. The van der Waals surface area contributed by atoms with Gasteiger partial charge in [0.1, 0.15) is 18.3 Å². The van der Waals surface area contributed by atoms with E-state index < -0.39 is 51.3 Å². The molecule has 0 N–H and O–H groups in total. The number of rotatable bonds is 20. The molecule has 0 aliphatic rings. The van der Waals surface area contributed by atoms with Crippen molar-refractivity contribution in [3.05, 3.63) is 120 Å². The zero-order chi connectivity index (χ0) is 31.1. The lowest BCUT2D eigenvalue weighted by molar-refractivity contribution is -0.166. The molecule has 3 rings (SSSR count). The SMILES string of the molecule is C=CCC[C@H](OCc1ccccc1)[C@@H](OS(C)(=O)=O)[C@H](OCc1ccccc1)[C@H](COS(C)(=O)=O)OCc1ccccc1. The quantitative estimate of drug-likeness (QED) is 0.125. The lowest BCUT2D eigenvalue weighted by Gasteiger charge is -2.36. The third kappa shape index (κ3) is 13.5. The van der Waals surface area contributed by atoms with Gasteiger partial charge in [-0.15, -0.1) is 6.58 Å². The first kappa shape index (κ1) is 34.6. The van der Waals surface area contributed by atoms with E-state index in [0.29, 0.717) is 12.8 Å². The Bertz CT molecular complexity index is 1430. The molecule has 0 aliphatic carbocycles. The minimum absolute atomic E-state index is 0.0616. The molecule has 0 heterocycles. The molecule has 0 unspecified atom stereocenters. The molecule has 234 valence electrons. The van der Waals surface area contributed by atoms with E-state index in [2.05, 4.69) is 6.58 Å². The van der Waals surface area contributed by atoms with Crippen molar-refractivity contribution in [2.24, 2.45) is 0 Å². The lowest BCUT2D eigenvalue weighted by Crippen LogP contribution is -2.51. The van der Waals surface area contributed by atoms with Crippen LogP contribution in [-0.2, 0) is 62.6 Å². The first-order valence-corrected chi connectivity index (χ1v) is 17.5. The van der Waals surface area contributed by atoms with Crippen LogP contribution in [0.15, 0.2) is 104 Å². The summed E-state index contributed by atoms with van der Waals surface area (Å²) in [4.78, 5) is 0. The second kappa shape index (κ2) is 17.4. The molecule has 4 atom stereocenters. The van der Waals surface area contributed by atoms with Gasteiger partial charge in [0.05, 0.1) is 45.0 Å². The van der Waals surface area contributed by atoms with Crippen LogP contribution in [0.5, 0.6) is 0 Å². The highest BCUT2D eigenvalue weighted by Gasteiger charge is 2.41. The number of allylic oxidation sites excluding steroid dienone is 1. The molecule has 0 radical (unpaired) electrons. The van der Waals surface area contributed by atoms with Gasteiger partial charge in [-0.05, 0) is 29.5 Å². The van der Waals surface area contributed by atoms with Crippen molar-refractivity contribution >= 4 is 20.2 Å². The van der Waals surface area contributed by atoms with E-state index >= 15 is 0 Å². The average Bonchev–Trinajstić information content (AvgIpc) is 2.98. The van der Waals surface area contributed by atoms with E-state index in [1.807, 2.05) is 91.0 Å². The van der Waals surface area contributed by atoms with E-state index in [1.54, 1.807) is 6.08 Å². The second-order valence-corrected chi connectivity index (χ2v) is 13.3. The Balaban J connectivity index is 2.03. The number of hydrogen-bond donors (Lipinski definition) is 0. The zero-order valence-corrected chi connectivity index (χ0v) is 26.1. The molecular weight excluding hydrogens is 592 g/mol. The largest absolute Gasteiger partial charge is 0.371 e. The fraction of sp³-hybridized carbons (Fsp3) is 0.375. The van der Waals surface area contributed by atoms with Gasteiger partial charge in [-0.25, -0.2) is 0 Å². The van der Waals surface area contributed by atoms with Gasteiger partial charge in [-0.1, -0.05) is 97.1 Å². The molecule has 9 nitrogen and oxygen atoms in total. The first-order valence-electron chi connectivity index (χ1n) is 13.8. The summed E-state index contributed by atoms with van der Waals surface area (Å²) in [5, 5.41) is 0.